The van der Waals surface area contributed by atoms with Crippen LogP contribution in [0.15, 0.2) is 58.3 Å². The summed E-state index contributed by atoms with van der Waals surface area (Å²) in [6, 6.07) is 13.4. The summed E-state index contributed by atoms with van der Waals surface area (Å²) in [5, 5.41) is 9.66. The average Bonchev–Trinajstić information content (AvgIpc) is 3.59. The van der Waals surface area contributed by atoms with Crippen molar-refractivity contribution in [2.75, 3.05) is 49.9 Å². The standard InChI is InChI=1S/C24H28N6O3S/c31-21(27-13-15-28(16-14-27)22(32)20-10-7-17-33-20)18-34-24-26-25-23(29-11-5-2-6-12-29)30(24)19-8-3-1-4-9-19/h1,3-4,7-10,17H,2,5-6,11-16,18H2. The number of hydrogen-bond acceptors (Lipinski definition) is 7. The summed E-state index contributed by atoms with van der Waals surface area (Å²) in [6.07, 6.45) is 5.04. The minimum atomic E-state index is -0.132. The van der Waals surface area contributed by atoms with Crippen LogP contribution in [0.3, 0.4) is 0 Å². The molecule has 34 heavy (non-hydrogen) atoms. The molecule has 2 fully saturated rings. The van der Waals surface area contributed by atoms with E-state index in [-0.39, 0.29) is 17.6 Å². The lowest BCUT2D eigenvalue weighted by Crippen LogP contribution is -2.51. The summed E-state index contributed by atoms with van der Waals surface area (Å²) in [5.74, 6) is 1.35. The molecule has 10 heteroatoms. The van der Waals surface area contributed by atoms with Gasteiger partial charge in [0.2, 0.25) is 11.9 Å². The molecule has 2 amide bonds. The zero-order valence-corrected chi connectivity index (χ0v) is 19.8. The number of thioether (sulfide) groups is 1. The molecule has 2 aliphatic heterocycles. The third-order valence-corrected chi connectivity index (χ3v) is 7.16. The van der Waals surface area contributed by atoms with E-state index in [1.54, 1.807) is 17.0 Å². The number of benzene rings is 1. The van der Waals surface area contributed by atoms with Crippen molar-refractivity contribution in [2.45, 2.75) is 24.4 Å². The van der Waals surface area contributed by atoms with Gasteiger partial charge in [-0.15, -0.1) is 10.2 Å². The van der Waals surface area contributed by atoms with Crippen LogP contribution in [-0.2, 0) is 4.79 Å². The van der Waals surface area contributed by atoms with Gasteiger partial charge in [-0.1, -0.05) is 30.0 Å². The topological polar surface area (TPSA) is 87.7 Å². The van der Waals surface area contributed by atoms with Gasteiger partial charge in [0.25, 0.3) is 5.91 Å². The molecule has 0 aliphatic carbocycles. The second-order valence-corrected chi connectivity index (χ2v) is 9.38. The van der Waals surface area contributed by atoms with E-state index in [1.807, 2.05) is 35.2 Å². The molecule has 2 saturated heterocycles. The molecule has 0 unspecified atom stereocenters. The Morgan fingerprint density at radius 3 is 2.29 bits per heavy atom. The Morgan fingerprint density at radius 1 is 0.853 bits per heavy atom. The molecule has 0 radical (unpaired) electrons. The number of carbonyl (C=O) groups is 2. The van der Waals surface area contributed by atoms with E-state index in [2.05, 4.69) is 19.7 Å². The van der Waals surface area contributed by atoms with Gasteiger partial charge >= 0.3 is 0 Å². The summed E-state index contributed by atoms with van der Waals surface area (Å²) in [7, 11) is 0. The minimum absolute atomic E-state index is 0.0391. The zero-order valence-electron chi connectivity index (χ0n) is 19.0. The van der Waals surface area contributed by atoms with Crippen LogP contribution in [0.4, 0.5) is 5.95 Å². The number of nitrogens with zero attached hydrogens (tertiary/aromatic N) is 6. The fourth-order valence-corrected chi connectivity index (χ4v) is 5.24. The van der Waals surface area contributed by atoms with Gasteiger partial charge in [-0.2, -0.15) is 0 Å². The summed E-state index contributed by atoms with van der Waals surface area (Å²) < 4.78 is 7.27. The summed E-state index contributed by atoms with van der Waals surface area (Å²) in [5.41, 5.74) is 0.994. The van der Waals surface area contributed by atoms with Gasteiger partial charge in [0.15, 0.2) is 10.9 Å². The molecule has 2 aliphatic rings. The van der Waals surface area contributed by atoms with Gasteiger partial charge < -0.3 is 19.1 Å². The lowest BCUT2D eigenvalue weighted by Gasteiger charge is -2.34. The zero-order chi connectivity index (χ0) is 23.3. The van der Waals surface area contributed by atoms with Crippen molar-refractivity contribution in [1.82, 2.24) is 24.6 Å². The first-order valence-corrected chi connectivity index (χ1v) is 12.7. The van der Waals surface area contributed by atoms with E-state index in [9.17, 15) is 9.59 Å². The number of amides is 2. The fraction of sp³-hybridized carbons (Fsp3) is 0.417. The van der Waals surface area contributed by atoms with E-state index in [0.717, 1.165) is 37.6 Å². The molecular formula is C24H28N6O3S. The Bertz CT molecular complexity index is 1100. The molecule has 9 nitrogen and oxygen atoms in total. The SMILES string of the molecule is O=C(CSc1nnc(N2CCCCC2)n1-c1ccccc1)N1CCN(C(=O)c2ccco2)CC1. The van der Waals surface area contributed by atoms with Crippen LogP contribution in [0.5, 0.6) is 0 Å². The molecule has 0 spiro atoms. The van der Waals surface area contributed by atoms with Crippen LogP contribution >= 0.6 is 11.8 Å². The Morgan fingerprint density at radius 2 is 1.59 bits per heavy atom. The average molecular weight is 481 g/mol. The van der Waals surface area contributed by atoms with Gasteiger partial charge in [-0.05, 0) is 43.5 Å². The molecule has 1 aromatic carbocycles. The largest absolute Gasteiger partial charge is 0.459 e. The highest BCUT2D eigenvalue weighted by atomic mass is 32.2. The number of rotatable bonds is 6. The van der Waals surface area contributed by atoms with E-state index >= 15 is 0 Å². The van der Waals surface area contributed by atoms with E-state index in [4.69, 9.17) is 4.42 Å². The minimum Gasteiger partial charge on any atom is -0.459 e. The number of carbonyl (C=O) groups excluding carboxylic acids is 2. The first kappa shape index (κ1) is 22.5. The highest BCUT2D eigenvalue weighted by Crippen LogP contribution is 2.28. The molecule has 178 valence electrons. The third-order valence-electron chi connectivity index (χ3n) is 6.25. The normalized spacial score (nSPS) is 16.6. The van der Waals surface area contributed by atoms with Gasteiger partial charge in [0, 0.05) is 39.3 Å². The molecular weight excluding hydrogens is 452 g/mol. The smallest absolute Gasteiger partial charge is 0.289 e. The predicted molar refractivity (Wildman–Crippen MR) is 129 cm³/mol. The Hall–Kier alpha value is -3.27. The van der Waals surface area contributed by atoms with Crippen LogP contribution in [0, 0.1) is 0 Å². The fourth-order valence-electron chi connectivity index (χ4n) is 4.39. The quantitative estimate of drug-likeness (QED) is 0.501. The van der Waals surface area contributed by atoms with E-state index < -0.39 is 0 Å². The maximum Gasteiger partial charge on any atom is 0.289 e. The molecule has 0 atom stereocenters. The van der Waals surface area contributed by atoms with Crippen LogP contribution in [0.1, 0.15) is 29.8 Å². The Labute approximate surface area is 202 Å². The predicted octanol–water partition coefficient (Wildman–Crippen LogP) is 2.93. The number of furan rings is 1. The monoisotopic (exact) mass is 480 g/mol. The number of piperidine rings is 1. The first-order chi connectivity index (χ1) is 16.7. The van der Waals surface area contributed by atoms with Crippen LogP contribution < -0.4 is 4.90 Å². The molecule has 0 N–H and O–H groups in total. The number of aromatic nitrogens is 3. The van der Waals surface area contributed by atoms with Gasteiger partial charge in [-0.25, -0.2) is 0 Å². The second kappa shape index (κ2) is 10.3. The van der Waals surface area contributed by atoms with Crippen molar-refractivity contribution in [3.63, 3.8) is 0 Å². The van der Waals surface area contributed by atoms with Crippen LogP contribution in [0.2, 0.25) is 0 Å². The van der Waals surface area contributed by atoms with Crippen LogP contribution in [-0.4, -0.2) is 81.4 Å². The highest BCUT2D eigenvalue weighted by molar-refractivity contribution is 7.99. The van der Waals surface area contributed by atoms with Gasteiger partial charge in [-0.3, -0.25) is 14.2 Å². The van der Waals surface area contributed by atoms with Crippen LogP contribution in [0.25, 0.3) is 5.69 Å². The molecule has 2 aromatic heterocycles. The second-order valence-electron chi connectivity index (χ2n) is 8.44. The number of hydrogen-bond donors (Lipinski definition) is 0. The molecule has 0 bridgehead atoms. The number of anilines is 1. The lowest BCUT2D eigenvalue weighted by atomic mass is 10.1. The van der Waals surface area contributed by atoms with Crippen molar-refractivity contribution in [3.05, 3.63) is 54.5 Å². The maximum atomic E-state index is 12.9. The Balaban J connectivity index is 1.23. The Kier molecular flexibility index (Phi) is 6.84. The summed E-state index contributed by atoms with van der Waals surface area (Å²) in [4.78, 5) is 31.2. The number of para-hydroxylation sites is 1. The molecule has 0 saturated carbocycles. The van der Waals surface area contributed by atoms with E-state index in [1.165, 1.54) is 24.4 Å². The molecule has 4 heterocycles. The van der Waals surface area contributed by atoms with E-state index in [0.29, 0.717) is 37.1 Å². The third kappa shape index (κ3) is 4.82. The molecule has 3 aromatic rings. The lowest BCUT2D eigenvalue weighted by molar-refractivity contribution is -0.129. The summed E-state index contributed by atoms with van der Waals surface area (Å²) in [6.45, 7) is 3.95. The summed E-state index contributed by atoms with van der Waals surface area (Å²) >= 11 is 1.41. The van der Waals surface area contributed by atoms with Crippen molar-refractivity contribution in [1.29, 1.82) is 0 Å². The number of piperazine rings is 1. The van der Waals surface area contributed by atoms with Gasteiger partial charge in [0.05, 0.1) is 17.7 Å². The molecule has 5 rings (SSSR count). The highest BCUT2D eigenvalue weighted by Gasteiger charge is 2.27. The van der Waals surface area contributed by atoms with Gasteiger partial charge in [0.1, 0.15) is 0 Å². The first-order valence-electron chi connectivity index (χ1n) is 11.7. The maximum absolute atomic E-state index is 12.9. The van der Waals surface area contributed by atoms with Crippen molar-refractivity contribution in [3.8, 4) is 5.69 Å². The van der Waals surface area contributed by atoms with Crippen molar-refractivity contribution < 1.29 is 14.0 Å². The van der Waals surface area contributed by atoms with Crippen molar-refractivity contribution in [2.24, 2.45) is 0 Å². The van der Waals surface area contributed by atoms with Crippen molar-refractivity contribution >= 4 is 29.5 Å².